The third kappa shape index (κ3) is 4.65. The molecule has 1 atom stereocenters. The summed E-state index contributed by atoms with van der Waals surface area (Å²) in [6.07, 6.45) is 5.50. The fourth-order valence-electron chi connectivity index (χ4n) is 1.51. The molecule has 0 fully saturated rings. The Morgan fingerprint density at radius 1 is 1.29 bits per heavy atom. The van der Waals surface area contributed by atoms with Gasteiger partial charge in [-0.2, -0.15) is 0 Å². The van der Waals surface area contributed by atoms with Gasteiger partial charge in [-0.15, -0.1) is 0 Å². The van der Waals surface area contributed by atoms with Gasteiger partial charge >= 0.3 is 0 Å². The zero-order valence-corrected chi connectivity index (χ0v) is 11.4. The van der Waals surface area contributed by atoms with Crippen molar-refractivity contribution < 1.29 is 0 Å². The van der Waals surface area contributed by atoms with Crippen molar-refractivity contribution in [3.05, 3.63) is 18.1 Å². The van der Waals surface area contributed by atoms with Crippen molar-refractivity contribution in [2.45, 2.75) is 39.7 Å². The van der Waals surface area contributed by atoms with E-state index >= 15 is 0 Å². The summed E-state index contributed by atoms with van der Waals surface area (Å²) in [6.45, 7) is 6.56. The highest BCUT2D eigenvalue weighted by Gasteiger charge is 2.10. The summed E-state index contributed by atoms with van der Waals surface area (Å²) in [7, 11) is 0. The van der Waals surface area contributed by atoms with Crippen LogP contribution in [0.25, 0.3) is 0 Å². The van der Waals surface area contributed by atoms with Gasteiger partial charge in [-0.05, 0) is 25.7 Å². The van der Waals surface area contributed by atoms with Crippen LogP contribution in [0.3, 0.4) is 0 Å². The third-order valence-corrected chi connectivity index (χ3v) is 2.69. The second kappa shape index (κ2) is 6.49. The summed E-state index contributed by atoms with van der Waals surface area (Å²) in [5.74, 6) is 1.38. The monoisotopic (exact) mass is 252 g/mol. The maximum atomic E-state index is 5.60. The van der Waals surface area contributed by atoms with Crippen LogP contribution in [-0.2, 0) is 0 Å². The molecule has 17 heavy (non-hydrogen) atoms. The SMILES string of the molecule is CC(C)CCC(C)Nc1nccnc1C(N)=S. The van der Waals surface area contributed by atoms with Crippen molar-refractivity contribution in [2.75, 3.05) is 5.32 Å². The van der Waals surface area contributed by atoms with Gasteiger partial charge in [-0.25, -0.2) is 9.97 Å². The molecule has 0 spiro atoms. The molecule has 4 nitrogen and oxygen atoms in total. The summed E-state index contributed by atoms with van der Waals surface area (Å²) < 4.78 is 0. The quantitative estimate of drug-likeness (QED) is 0.761. The van der Waals surface area contributed by atoms with E-state index < -0.39 is 0 Å². The molecular formula is C12H20N4S. The molecular weight excluding hydrogens is 232 g/mol. The molecule has 1 aromatic heterocycles. The molecule has 1 rings (SSSR count). The summed E-state index contributed by atoms with van der Waals surface area (Å²) in [6, 6.07) is 0.335. The Kier molecular flexibility index (Phi) is 5.28. The molecule has 0 bridgehead atoms. The molecule has 1 heterocycles. The van der Waals surface area contributed by atoms with Crippen LogP contribution in [0.1, 0.15) is 39.3 Å². The Labute approximate surface area is 108 Å². The van der Waals surface area contributed by atoms with Gasteiger partial charge < -0.3 is 11.1 Å². The number of thiocarbonyl (C=S) groups is 1. The maximum absolute atomic E-state index is 5.60. The van der Waals surface area contributed by atoms with Crippen LogP contribution in [-0.4, -0.2) is 21.0 Å². The van der Waals surface area contributed by atoms with Crippen LogP contribution in [0.2, 0.25) is 0 Å². The number of nitrogens with one attached hydrogen (secondary N) is 1. The van der Waals surface area contributed by atoms with Crippen molar-refractivity contribution in [3.63, 3.8) is 0 Å². The van der Waals surface area contributed by atoms with E-state index in [4.69, 9.17) is 18.0 Å². The molecule has 0 saturated carbocycles. The predicted octanol–water partition coefficient (Wildman–Crippen LogP) is 2.35. The first-order valence-electron chi connectivity index (χ1n) is 5.88. The Morgan fingerprint density at radius 3 is 2.53 bits per heavy atom. The van der Waals surface area contributed by atoms with Crippen molar-refractivity contribution >= 4 is 23.0 Å². The molecule has 0 aliphatic rings. The summed E-state index contributed by atoms with van der Waals surface area (Å²) in [5, 5.41) is 3.31. The lowest BCUT2D eigenvalue weighted by Crippen LogP contribution is -2.21. The number of aromatic nitrogens is 2. The van der Waals surface area contributed by atoms with E-state index in [0.29, 0.717) is 23.5 Å². The van der Waals surface area contributed by atoms with Gasteiger partial charge in [0.2, 0.25) is 0 Å². The zero-order valence-electron chi connectivity index (χ0n) is 10.6. The van der Waals surface area contributed by atoms with E-state index in [2.05, 4.69) is 36.1 Å². The predicted molar refractivity (Wildman–Crippen MR) is 75.1 cm³/mol. The lowest BCUT2D eigenvalue weighted by Gasteiger charge is -2.16. The van der Waals surface area contributed by atoms with Crippen LogP contribution in [0, 0.1) is 5.92 Å². The number of hydrogen-bond acceptors (Lipinski definition) is 4. The van der Waals surface area contributed by atoms with Gasteiger partial charge in [-0.1, -0.05) is 26.1 Å². The van der Waals surface area contributed by atoms with Gasteiger partial charge in [0.05, 0.1) is 0 Å². The molecule has 1 aromatic rings. The highest BCUT2D eigenvalue weighted by Crippen LogP contribution is 2.13. The molecule has 0 saturated heterocycles. The lowest BCUT2D eigenvalue weighted by molar-refractivity contribution is 0.527. The fraction of sp³-hybridized carbons (Fsp3) is 0.583. The smallest absolute Gasteiger partial charge is 0.155 e. The minimum absolute atomic E-state index is 0.275. The molecule has 0 radical (unpaired) electrons. The molecule has 94 valence electrons. The Morgan fingerprint density at radius 2 is 1.94 bits per heavy atom. The molecule has 0 aliphatic heterocycles. The highest BCUT2D eigenvalue weighted by atomic mass is 32.1. The Hall–Kier alpha value is -1.23. The molecule has 0 aliphatic carbocycles. The summed E-state index contributed by atoms with van der Waals surface area (Å²) in [4.78, 5) is 8.64. The molecule has 3 N–H and O–H groups in total. The van der Waals surface area contributed by atoms with Crippen molar-refractivity contribution in [1.82, 2.24) is 9.97 Å². The Bertz CT molecular complexity index is 379. The minimum Gasteiger partial charge on any atom is -0.388 e. The number of nitrogens with zero attached hydrogens (tertiary/aromatic N) is 2. The second-order valence-corrected chi connectivity index (χ2v) is 5.07. The Balaban J connectivity index is 2.64. The number of nitrogens with two attached hydrogens (primary N) is 1. The van der Waals surface area contributed by atoms with Crippen LogP contribution >= 0.6 is 12.2 Å². The highest BCUT2D eigenvalue weighted by molar-refractivity contribution is 7.80. The van der Waals surface area contributed by atoms with Crippen LogP contribution < -0.4 is 11.1 Å². The van der Waals surface area contributed by atoms with Gasteiger partial charge in [0, 0.05) is 18.4 Å². The number of anilines is 1. The zero-order chi connectivity index (χ0) is 12.8. The maximum Gasteiger partial charge on any atom is 0.155 e. The van der Waals surface area contributed by atoms with Crippen LogP contribution in [0.15, 0.2) is 12.4 Å². The number of hydrogen-bond donors (Lipinski definition) is 2. The van der Waals surface area contributed by atoms with Gasteiger partial charge in [-0.3, -0.25) is 0 Å². The topological polar surface area (TPSA) is 63.8 Å². The third-order valence-electron chi connectivity index (χ3n) is 2.49. The second-order valence-electron chi connectivity index (χ2n) is 4.63. The van der Waals surface area contributed by atoms with Crippen molar-refractivity contribution in [3.8, 4) is 0 Å². The van der Waals surface area contributed by atoms with E-state index in [-0.39, 0.29) is 4.99 Å². The van der Waals surface area contributed by atoms with E-state index in [1.807, 2.05) is 0 Å². The minimum atomic E-state index is 0.275. The molecule has 5 heteroatoms. The summed E-state index contributed by atoms with van der Waals surface area (Å²) in [5.41, 5.74) is 6.17. The van der Waals surface area contributed by atoms with Gasteiger partial charge in [0.1, 0.15) is 10.7 Å². The fourth-order valence-corrected chi connectivity index (χ4v) is 1.66. The van der Waals surface area contributed by atoms with E-state index in [1.165, 1.54) is 6.42 Å². The number of rotatable bonds is 6. The average molecular weight is 252 g/mol. The normalized spacial score (nSPS) is 12.5. The van der Waals surface area contributed by atoms with E-state index in [9.17, 15) is 0 Å². The first-order chi connectivity index (χ1) is 8.00. The first-order valence-corrected chi connectivity index (χ1v) is 6.29. The summed E-state index contributed by atoms with van der Waals surface area (Å²) >= 11 is 4.94. The average Bonchev–Trinajstić information content (AvgIpc) is 2.27. The van der Waals surface area contributed by atoms with Crippen molar-refractivity contribution in [2.24, 2.45) is 11.7 Å². The molecule has 0 amide bonds. The molecule has 0 aromatic carbocycles. The van der Waals surface area contributed by atoms with Crippen molar-refractivity contribution in [1.29, 1.82) is 0 Å². The van der Waals surface area contributed by atoms with Crippen LogP contribution in [0.4, 0.5) is 5.82 Å². The molecule has 1 unspecified atom stereocenters. The van der Waals surface area contributed by atoms with Gasteiger partial charge in [0.15, 0.2) is 5.82 Å². The van der Waals surface area contributed by atoms with E-state index in [1.54, 1.807) is 12.4 Å². The van der Waals surface area contributed by atoms with Gasteiger partial charge in [0.25, 0.3) is 0 Å². The standard InChI is InChI=1S/C12H20N4S/c1-8(2)4-5-9(3)16-12-10(11(13)17)14-6-7-15-12/h6-9H,4-5H2,1-3H3,(H2,13,17)(H,15,16). The lowest BCUT2D eigenvalue weighted by atomic mass is 10.0. The first kappa shape index (κ1) is 13.8. The van der Waals surface area contributed by atoms with E-state index in [0.717, 1.165) is 6.42 Å². The largest absolute Gasteiger partial charge is 0.388 e. The van der Waals surface area contributed by atoms with Crippen LogP contribution in [0.5, 0.6) is 0 Å².